The molecule has 0 saturated heterocycles. The predicted molar refractivity (Wildman–Crippen MR) is 124 cm³/mol. The summed E-state index contributed by atoms with van der Waals surface area (Å²) in [5.41, 5.74) is 1.77. The Morgan fingerprint density at radius 3 is 2.41 bits per heavy atom. The van der Waals surface area contributed by atoms with Crippen LogP contribution in [0.4, 0.5) is 0 Å². The Hall–Kier alpha value is -2.48. The molecule has 0 saturated carbocycles. The van der Waals surface area contributed by atoms with Crippen molar-refractivity contribution < 1.29 is 0 Å². The van der Waals surface area contributed by atoms with E-state index >= 15 is 0 Å². The molecular weight excluding hydrogens is 475 g/mol. The second-order valence-corrected chi connectivity index (χ2v) is 9.15. The van der Waals surface area contributed by atoms with Gasteiger partial charge in [0.1, 0.15) is 11.6 Å². The van der Waals surface area contributed by atoms with Crippen LogP contribution in [-0.4, -0.2) is 19.1 Å². The molecule has 0 aliphatic carbocycles. The second-order valence-electron chi connectivity index (χ2n) is 7.50. The van der Waals surface area contributed by atoms with E-state index in [2.05, 4.69) is 46.0 Å². The van der Waals surface area contributed by atoms with E-state index in [1.807, 2.05) is 72.3 Å². The number of benzene rings is 2. The van der Waals surface area contributed by atoms with Gasteiger partial charge in [0.05, 0.1) is 17.4 Å². The highest BCUT2D eigenvalue weighted by Gasteiger charge is 2.40. The molecule has 6 heteroatoms. The van der Waals surface area contributed by atoms with Gasteiger partial charge in [-0.3, -0.25) is 9.36 Å². The summed E-state index contributed by atoms with van der Waals surface area (Å²) in [6.45, 7) is 6.76. The summed E-state index contributed by atoms with van der Waals surface area (Å²) in [4.78, 5) is 23.0. The van der Waals surface area contributed by atoms with E-state index < -0.39 is 3.55 Å². The van der Waals surface area contributed by atoms with Crippen molar-refractivity contribution in [1.29, 1.82) is 0 Å². The van der Waals surface area contributed by atoms with Crippen molar-refractivity contribution in [2.45, 2.75) is 30.9 Å². The Bertz CT molecular complexity index is 1210. The van der Waals surface area contributed by atoms with E-state index in [0.29, 0.717) is 11.9 Å². The van der Waals surface area contributed by atoms with Gasteiger partial charge in [0.25, 0.3) is 5.56 Å². The molecule has 148 valence electrons. The first-order valence-corrected chi connectivity index (χ1v) is 10.7. The van der Waals surface area contributed by atoms with Crippen LogP contribution in [0.15, 0.2) is 71.8 Å². The standard InChI is InChI=1S/C23H23IN4O/c1-16(2)23(24,28-14-13-25-17(28)3)22-26-20-12-8-7-11-19(20)21(29)27(22)15-18-9-5-4-6-10-18/h4-14,16H,15H2,1-3H3. The highest BCUT2D eigenvalue weighted by molar-refractivity contribution is 14.1. The number of hydrogen-bond donors (Lipinski definition) is 0. The highest BCUT2D eigenvalue weighted by Crippen LogP contribution is 2.41. The number of alkyl halides is 1. The molecule has 4 rings (SSSR count). The Labute approximate surface area is 183 Å². The zero-order valence-electron chi connectivity index (χ0n) is 16.7. The number of nitrogens with zero attached hydrogens (tertiary/aromatic N) is 4. The largest absolute Gasteiger partial charge is 0.313 e. The van der Waals surface area contributed by atoms with Crippen molar-refractivity contribution in [2.24, 2.45) is 5.92 Å². The number of aromatic nitrogens is 4. The minimum Gasteiger partial charge on any atom is -0.313 e. The molecule has 1 unspecified atom stereocenters. The molecule has 0 amide bonds. The quantitative estimate of drug-likeness (QED) is 0.295. The van der Waals surface area contributed by atoms with Gasteiger partial charge in [-0.1, -0.05) is 56.3 Å². The summed E-state index contributed by atoms with van der Waals surface area (Å²) in [6.07, 6.45) is 3.77. The van der Waals surface area contributed by atoms with Gasteiger partial charge in [-0.15, -0.1) is 0 Å². The molecule has 4 aromatic rings. The zero-order valence-corrected chi connectivity index (χ0v) is 18.9. The molecule has 0 radical (unpaired) electrons. The number of imidazole rings is 1. The van der Waals surface area contributed by atoms with Crippen LogP contribution in [0.3, 0.4) is 0 Å². The van der Waals surface area contributed by atoms with Crippen LogP contribution < -0.4 is 5.56 Å². The molecule has 0 aliphatic rings. The van der Waals surface area contributed by atoms with E-state index in [1.165, 1.54) is 0 Å². The maximum Gasteiger partial charge on any atom is 0.261 e. The van der Waals surface area contributed by atoms with Gasteiger partial charge in [0.2, 0.25) is 0 Å². The van der Waals surface area contributed by atoms with Crippen LogP contribution >= 0.6 is 22.6 Å². The third-order valence-electron chi connectivity index (χ3n) is 5.30. The molecular formula is C23H23IN4O. The fourth-order valence-electron chi connectivity index (χ4n) is 3.71. The summed E-state index contributed by atoms with van der Waals surface area (Å²) in [5.74, 6) is 1.80. The lowest BCUT2D eigenvalue weighted by molar-refractivity contribution is 0.369. The number of aryl methyl sites for hydroxylation is 1. The van der Waals surface area contributed by atoms with Gasteiger partial charge < -0.3 is 4.57 Å². The van der Waals surface area contributed by atoms with Gasteiger partial charge in [-0.2, -0.15) is 0 Å². The molecule has 5 nitrogen and oxygen atoms in total. The third kappa shape index (κ3) is 3.39. The molecule has 2 aromatic heterocycles. The van der Waals surface area contributed by atoms with Gasteiger partial charge in [-0.25, -0.2) is 9.97 Å². The molecule has 29 heavy (non-hydrogen) atoms. The maximum absolute atomic E-state index is 13.6. The summed E-state index contributed by atoms with van der Waals surface area (Å²) in [5, 5.41) is 0.636. The molecule has 0 spiro atoms. The van der Waals surface area contributed by atoms with E-state index in [1.54, 1.807) is 6.20 Å². The Morgan fingerprint density at radius 2 is 1.76 bits per heavy atom. The maximum atomic E-state index is 13.6. The fraction of sp³-hybridized carbons (Fsp3) is 0.261. The molecule has 2 aromatic carbocycles. The van der Waals surface area contributed by atoms with E-state index in [-0.39, 0.29) is 11.5 Å². The Kier molecular flexibility index (Phi) is 5.29. The lowest BCUT2D eigenvalue weighted by Crippen LogP contribution is -2.41. The van der Waals surface area contributed by atoms with Crippen LogP contribution in [-0.2, 0) is 10.1 Å². The molecule has 1 atom stereocenters. The number of rotatable bonds is 5. The second kappa shape index (κ2) is 7.74. The van der Waals surface area contributed by atoms with Crippen LogP contribution in [0.25, 0.3) is 10.9 Å². The van der Waals surface area contributed by atoms with Crippen LogP contribution in [0.2, 0.25) is 0 Å². The van der Waals surface area contributed by atoms with Gasteiger partial charge >= 0.3 is 0 Å². The smallest absolute Gasteiger partial charge is 0.261 e. The monoisotopic (exact) mass is 498 g/mol. The molecule has 2 heterocycles. The summed E-state index contributed by atoms with van der Waals surface area (Å²) < 4.78 is 3.39. The first-order valence-electron chi connectivity index (χ1n) is 9.66. The lowest BCUT2D eigenvalue weighted by atomic mass is 10.0. The van der Waals surface area contributed by atoms with Gasteiger partial charge in [-0.05, 0) is 53.1 Å². The number of hydrogen-bond acceptors (Lipinski definition) is 3. The SMILES string of the molecule is Cc1nccn1C(I)(c1nc2ccccc2c(=O)n1Cc1ccccc1)C(C)C. The first kappa shape index (κ1) is 19.8. The fourth-order valence-corrected chi connectivity index (χ4v) is 4.64. The third-order valence-corrected chi connectivity index (χ3v) is 7.55. The van der Waals surface area contributed by atoms with Crippen molar-refractivity contribution in [2.75, 3.05) is 0 Å². The molecule has 0 aliphatic heterocycles. The van der Waals surface area contributed by atoms with E-state index in [0.717, 1.165) is 22.7 Å². The number of fused-ring (bicyclic) bond motifs is 1. The van der Waals surface area contributed by atoms with Crippen LogP contribution in [0, 0.1) is 12.8 Å². The summed E-state index contributed by atoms with van der Waals surface area (Å²) >= 11 is 2.44. The molecule has 0 N–H and O–H groups in total. The highest BCUT2D eigenvalue weighted by atomic mass is 127. The Morgan fingerprint density at radius 1 is 1.07 bits per heavy atom. The number of para-hydroxylation sites is 1. The topological polar surface area (TPSA) is 52.7 Å². The summed E-state index contributed by atoms with van der Waals surface area (Å²) in [7, 11) is 0. The first-order chi connectivity index (χ1) is 13.9. The predicted octanol–water partition coefficient (Wildman–Crippen LogP) is 4.74. The minimum atomic E-state index is -0.559. The Balaban J connectivity index is 2.05. The average Bonchev–Trinajstić information content (AvgIpc) is 3.16. The van der Waals surface area contributed by atoms with Crippen molar-refractivity contribution in [3.63, 3.8) is 0 Å². The van der Waals surface area contributed by atoms with Crippen molar-refractivity contribution in [1.82, 2.24) is 19.1 Å². The molecule has 0 fully saturated rings. The zero-order chi connectivity index (χ0) is 20.6. The van der Waals surface area contributed by atoms with Gasteiger partial charge in [0, 0.05) is 12.4 Å². The van der Waals surface area contributed by atoms with E-state index in [9.17, 15) is 4.79 Å². The van der Waals surface area contributed by atoms with Crippen molar-refractivity contribution in [3.05, 3.63) is 94.6 Å². The van der Waals surface area contributed by atoms with Gasteiger partial charge in [0.15, 0.2) is 3.55 Å². The van der Waals surface area contributed by atoms with E-state index in [4.69, 9.17) is 4.98 Å². The lowest BCUT2D eigenvalue weighted by Gasteiger charge is -2.35. The van der Waals surface area contributed by atoms with Crippen molar-refractivity contribution in [3.8, 4) is 0 Å². The number of halogens is 1. The summed E-state index contributed by atoms with van der Waals surface area (Å²) in [6, 6.07) is 17.6. The average molecular weight is 498 g/mol. The molecule has 0 bridgehead atoms. The van der Waals surface area contributed by atoms with Crippen LogP contribution in [0.1, 0.15) is 31.1 Å². The normalized spacial score (nSPS) is 13.7. The minimum absolute atomic E-state index is 0.0195. The van der Waals surface area contributed by atoms with Crippen LogP contribution in [0.5, 0.6) is 0 Å². The van der Waals surface area contributed by atoms with Crippen molar-refractivity contribution >= 4 is 33.5 Å².